The van der Waals surface area contributed by atoms with Crippen molar-refractivity contribution in [3.8, 4) is 0 Å². The second-order valence-corrected chi connectivity index (χ2v) is 6.67. The molecule has 0 aromatic carbocycles. The predicted molar refractivity (Wildman–Crippen MR) is 68.0 cm³/mol. The summed E-state index contributed by atoms with van der Waals surface area (Å²) in [6.07, 6.45) is 8.41. The van der Waals surface area contributed by atoms with Gasteiger partial charge in [-0.2, -0.15) is 0 Å². The van der Waals surface area contributed by atoms with Crippen LogP contribution in [0, 0.1) is 0 Å². The topological polar surface area (TPSA) is 6.48 Å². The molecule has 3 heteroatoms. The molecule has 2 saturated heterocycles. The van der Waals surface area contributed by atoms with Crippen molar-refractivity contribution in [1.29, 1.82) is 0 Å². The molecule has 2 nitrogen and oxygen atoms in total. The monoisotopic (exact) mass is 226 g/mol. The van der Waals surface area contributed by atoms with E-state index in [1.807, 2.05) is 0 Å². The molecule has 0 saturated carbocycles. The normalized spacial score (nSPS) is 25.7. The molecule has 2 rings (SSSR count). The number of rotatable bonds is 3. The largest absolute Gasteiger partial charge is 0.267 e. The summed E-state index contributed by atoms with van der Waals surface area (Å²) in [7, 11) is -0.164. The van der Waals surface area contributed by atoms with Gasteiger partial charge in [-0.05, 0) is 31.5 Å². The van der Waals surface area contributed by atoms with E-state index in [1.54, 1.807) is 0 Å². The van der Waals surface area contributed by atoms with Crippen LogP contribution < -0.4 is 0 Å². The predicted octanol–water partition coefficient (Wildman–Crippen LogP) is 3.41. The summed E-state index contributed by atoms with van der Waals surface area (Å²) >= 11 is 0. The fourth-order valence-corrected chi connectivity index (χ4v) is 4.78. The molecule has 15 heavy (non-hydrogen) atoms. The third kappa shape index (κ3) is 3.03. The van der Waals surface area contributed by atoms with Crippen molar-refractivity contribution in [1.82, 2.24) is 9.34 Å². The van der Waals surface area contributed by atoms with E-state index in [0.717, 1.165) is 0 Å². The summed E-state index contributed by atoms with van der Waals surface area (Å²) in [4.78, 5) is 0. The van der Waals surface area contributed by atoms with Gasteiger partial charge in [-0.25, -0.2) is 0 Å². The molecule has 0 spiro atoms. The molecule has 0 aromatic heterocycles. The third-order valence-electron chi connectivity index (χ3n) is 3.41. The quantitative estimate of drug-likeness (QED) is 0.680. The number of nitrogens with zero attached hydrogens (tertiary/aromatic N) is 2. The minimum atomic E-state index is -0.164. The molecule has 2 fully saturated rings. The molecule has 0 amide bonds. The molecular weight excluding hydrogens is 203 g/mol. The molecule has 2 aliphatic heterocycles. The maximum Gasteiger partial charge on any atom is 0.0642 e. The molecule has 0 unspecified atom stereocenters. The molecule has 0 bridgehead atoms. The molecule has 2 aliphatic rings. The van der Waals surface area contributed by atoms with Gasteiger partial charge >= 0.3 is 0 Å². The van der Waals surface area contributed by atoms with Crippen LogP contribution in [0.25, 0.3) is 0 Å². The fraction of sp³-hybridized carbons (Fsp3) is 0.833. The van der Waals surface area contributed by atoms with Crippen LogP contribution in [0.2, 0.25) is 0 Å². The Morgan fingerprint density at radius 3 is 1.47 bits per heavy atom. The van der Waals surface area contributed by atoms with Gasteiger partial charge < -0.3 is 0 Å². The Bertz CT molecular complexity index is 178. The van der Waals surface area contributed by atoms with Crippen molar-refractivity contribution in [2.24, 2.45) is 0 Å². The zero-order chi connectivity index (χ0) is 10.5. The van der Waals surface area contributed by atoms with E-state index in [9.17, 15) is 0 Å². The second kappa shape index (κ2) is 5.98. The summed E-state index contributed by atoms with van der Waals surface area (Å²) < 4.78 is 5.36. The molecule has 86 valence electrons. The first-order valence-corrected chi connectivity index (χ1v) is 7.65. The highest BCUT2D eigenvalue weighted by molar-refractivity contribution is 7.56. The molecule has 0 aliphatic carbocycles. The highest BCUT2D eigenvalue weighted by Gasteiger charge is 2.25. The average molecular weight is 226 g/mol. The Labute approximate surface area is 95.2 Å². The highest BCUT2D eigenvalue weighted by Crippen LogP contribution is 2.47. The summed E-state index contributed by atoms with van der Waals surface area (Å²) in [6, 6.07) is 0. The van der Waals surface area contributed by atoms with Gasteiger partial charge in [0, 0.05) is 26.2 Å². The minimum absolute atomic E-state index is 0.164. The first kappa shape index (κ1) is 11.6. The molecule has 2 heterocycles. The van der Waals surface area contributed by atoms with Gasteiger partial charge in [0.15, 0.2) is 0 Å². The Hall–Kier alpha value is 0.0900. The third-order valence-corrected chi connectivity index (χ3v) is 5.69. The van der Waals surface area contributed by atoms with Crippen LogP contribution in [0.1, 0.15) is 38.5 Å². The van der Waals surface area contributed by atoms with Gasteiger partial charge in [-0.3, -0.25) is 9.34 Å². The maximum absolute atomic E-state index is 4.06. The van der Waals surface area contributed by atoms with Gasteiger partial charge in [0.05, 0.1) is 8.22 Å². The lowest BCUT2D eigenvalue weighted by molar-refractivity contribution is 0.314. The molecule has 0 aromatic rings. The first-order valence-electron chi connectivity index (χ1n) is 6.33. The van der Waals surface area contributed by atoms with Crippen molar-refractivity contribution in [2.75, 3.05) is 26.2 Å². The smallest absolute Gasteiger partial charge is 0.0642 e. The molecular formula is C12H23N2P. The van der Waals surface area contributed by atoms with E-state index in [4.69, 9.17) is 0 Å². The number of hydrogen-bond donors (Lipinski definition) is 0. The van der Waals surface area contributed by atoms with E-state index in [-0.39, 0.29) is 8.22 Å². The zero-order valence-corrected chi connectivity index (χ0v) is 10.6. The van der Waals surface area contributed by atoms with Crippen molar-refractivity contribution in [3.05, 3.63) is 12.4 Å². The van der Waals surface area contributed by atoms with Crippen molar-refractivity contribution in [3.63, 3.8) is 0 Å². The van der Waals surface area contributed by atoms with E-state index >= 15 is 0 Å². The second-order valence-electron chi connectivity index (χ2n) is 4.53. The van der Waals surface area contributed by atoms with E-state index < -0.39 is 0 Å². The first-order chi connectivity index (χ1) is 7.42. The van der Waals surface area contributed by atoms with E-state index in [1.165, 1.54) is 64.7 Å². The minimum Gasteiger partial charge on any atom is -0.267 e. The van der Waals surface area contributed by atoms with Crippen molar-refractivity contribution in [2.45, 2.75) is 38.5 Å². The molecule has 0 N–H and O–H groups in total. The zero-order valence-electron chi connectivity index (χ0n) is 9.70. The van der Waals surface area contributed by atoms with Crippen LogP contribution >= 0.6 is 8.22 Å². The number of piperidine rings is 2. The Morgan fingerprint density at radius 1 is 0.733 bits per heavy atom. The Balaban J connectivity index is 1.91. The van der Waals surface area contributed by atoms with Crippen LogP contribution in [-0.2, 0) is 0 Å². The maximum atomic E-state index is 4.06. The van der Waals surface area contributed by atoms with Crippen molar-refractivity contribution < 1.29 is 0 Å². The van der Waals surface area contributed by atoms with Crippen LogP contribution in [0.4, 0.5) is 0 Å². The van der Waals surface area contributed by atoms with Crippen LogP contribution in [0.3, 0.4) is 0 Å². The van der Waals surface area contributed by atoms with Gasteiger partial charge in [0.2, 0.25) is 0 Å². The van der Waals surface area contributed by atoms with Gasteiger partial charge in [0.25, 0.3) is 0 Å². The van der Waals surface area contributed by atoms with Gasteiger partial charge in [-0.1, -0.05) is 19.4 Å². The summed E-state index contributed by atoms with van der Waals surface area (Å²) in [5, 5.41) is 0. The summed E-state index contributed by atoms with van der Waals surface area (Å²) in [5.74, 6) is 2.21. The van der Waals surface area contributed by atoms with Gasteiger partial charge in [-0.15, -0.1) is 0 Å². The lowest BCUT2D eigenvalue weighted by atomic mass is 10.2. The SMILES string of the molecule is C=CP(N1CCCCC1)N1CCCCC1. The van der Waals surface area contributed by atoms with Gasteiger partial charge in [0.1, 0.15) is 0 Å². The fourth-order valence-electron chi connectivity index (χ4n) is 2.57. The van der Waals surface area contributed by atoms with Crippen LogP contribution in [-0.4, -0.2) is 35.5 Å². The van der Waals surface area contributed by atoms with Crippen LogP contribution in [0.5, 0.6) is 0 Å². The Kier molecular flexibility index (Phi) is 4.61. The van der Waals surface area contributed by atoms with Crippen LogP contribution in [0.15, 0.2) is 12.4 Å². The lowest BCUT2D eigenvalue weighted by Gasteiger charge is -2.40. The number of hydrogen-bond acceptors (Lipinski definition) is 2. The summed E-state index contributed by atoms with van der Waals surface area (Å²) in [6.45, 7) is 9.26. The highest BCUT2D eigenvalue weighted by atomic mass is 31.1. The molecule has 0 atom stereocenters. The molecule has 0 radical (unpaired) electrons. The average Bonchev–Trinajstić information content (AvgIpc) is 2.33. The lowest BCUT2D eigenvalue weighted by Crippen LogP contribution is -2.34. The van der Waals surface area contributed by atoms with E-state index in [0.29, 0.717) is 0 Å². The standard InChI is InChI=1S/C12H23N2P/c1-2-15(13-9-5-3-6-10-13)14-11-7-4-8-12-14/h2H,1,3-12H2. The van der Waals surface area contributed by atoms with Crippen molar-refractivity contribution >= 4 is 8.22 Å². The Morgan fingerprint density at radius 2 is 1.13 bits per heavy atom. The summed E-state index contributed by atoms with van der Waals surface area (Å²) in [5.41, 5.74) is 0. The van der Waals surface area contributed by atoms with E-state index in [2.05, 4.69) is 21.7 Å².